The third-order valence-corrected chi connectivity index (χ3v) is 7.46. The molecular formula is C12H25BO2Si. The normalized spacial score (nSPS) is 36.6. The average molecular weight is 240 g/mol. The SMILES string of the molecule is CC1(C)OB([C@@H]2C[C@H]2[Si](C)(C)C)OC1(C)C. The molecular weight excluding hydrogens is 215 g/mol. The van der Waals surface area contributed by atoms with Crippen LogP contribution < -0.4 is 0 Å². The predicted molar refractivity (Wildman–Crippen MR) is 71.5 cm³/mol. The summed E-state index contributed by atoms with van der Waals surface area (Å²) in [6.07, 6.45) is 1.31. The van der Waals surface area contributed by atoms with Gasteiger partial charge in [-0.05, 0) is 39.1 Å². The van der Waals surface area contributed by atoms with Gasteiger partial charge in [0, 0.05) is 8.07 Å². The van der Waals surface area contributed by atoms with E-state index < -0.39 is 8.07 Å². The first-order chi connectivity index (χ1) is 7.05. The van der Waals surface area contributed by atoms with E-state index in [9.17, 15) is 0 Å². The van der Waals surface area contributed by atoms with E-state index in [1.54, 1.807) is 0 Å². The van der Waals surface area contributed by atoms with Crippen molar-refractivity contribution < 1.29 is 9.31 Å². The minimum Gasteiger partial charge on any atom is -0.403 e. The Morgan fingerprint density at radius 3 is 1.75 bits per heavy atom. The van der Waals surface area contributed by atoms with Gasteiger partial charge in [-0.1, -0.05) is 26.1 Å². The average Bonchev–Trinajstić information content (AvgIpc) is 2.73. The molecule has 1 saturated carbocycles. The zero-order valence-electron chi connectivity index (χ0n) is 11.8. The van der Waals surface area contributed by atoms with Gasteiger partial charge < -0.3 is 9.31 Å². The van der Waals surface area contributed by atoms with Gasteiger partial charge in [0.25, 0.3) is 0 Å². The zero-order chi connectivity index (χ0) is 12.4. The van der Waals surface area contributed by atoms with E-state index in [2.05, 4.69) is 47.3 Å². The highest BCUT2D eigenvalue weighted by molar-refractivity contribution is 6.80. The maximum atomic E-state index is 6.11. The topological polar surface area (TPSA) is 18.5 Å². The van der Waals surface area contributed by atoms with Gasteiger partial charge in [-0.3, -0.25) is 0 Å². The van der Waals surface area contributed by atoms with E-state index in [0.29, 0.717) is 5.82 Å². The predicted octanol–water partition coefficient (Wildman–Crippen LogP) is 3.56. The number of rotatable bonds is 2. The Bertz CT molecular complexity index is 280. The zero-order valence-corrected chi connectivity index (χ0v) is 12.8. The number of hydrogen-bond donors (Lipinski definition) is 0. The monoisotopic (exact) mass is 240 g/mol. The van der Waals surface area contributed by atoms with Crippen molar-refractivity contribution in [1.29, 1.82) is 0 Å². The third kappa shape index (κ3) is 2.00. The van der Waals surface area contributed by atoms with Crippen LogP contribution in [-0.2, 0) is 9.31 Å². The summed E-state index contributed by atoms with van der Waals surface area (Å²) >= 11 is 0. The van der Waals surface area contributed by atoms with Gasteiger partial charge in [0.2, 0.25) is 0 Å². The van der Waals surface area contributed by atoms with Gasteiger partial charge in [-0.2, -0.15) is 0 Å². The maximum absolute atomic E-state index is 6.11. The van der Waals surface area contributed by atoms with Gasteiger partial charge in [0.05, 0.1) is 11.2 Å². The second-order valence-electron chi connectivity index (χ2n) is 7.50. The molecule has 0 spiro atoms. The summed E-state index contributed by atoms with van der Waals surface area (Å²) in [5.41, 5.74) is 0.566. The van der Waals surface area contributed by atoms with E-state index in [4.69, 9.17) is 9.31 Å². The second-order valence-corrected chi connectivity index (χ2v) is 13.0. The van der Waals surface area contributed by atoms with Crippen LogP contribution in [0.25, 0.3) is 0 Å². The molecule has 16 heavy (non-hydrogen) atoms. The summed E-state index contributed by atoms with van der Waals surface area (Å²) in [5.74, 6) is 0.660. The number of hydrogen-bond acceptors (Lipinski definition) is 2. The first kappa shape index (κ1) is 12.7. The maximum Gasteiger partial charge on any atom is 0.461 e. The van der Waals surface area contributed by atoms with Crippen molar-refractivity contribution in [2.75, 3.05) is 0 Å². The van der Waals surface area contributed by atoms with Crippen molar-refractivity contribution in [3.05, 3.63) is 0 Å². The molecule has 0 N–H and O–H groups in total. The first-order valence-electron chi connectivity index (χ1n) is 6.40. The standard InChI is InChI=1S/C12H25BO2Si/c1-11(2)12(3,4)15-13(14-11)9-8-10(9)16(5,6)7/h9-10H,8H2,1-7H3/t9-,10-/m1/s1. The fourth-order valence-corrected chi connectivity index (χ4v) is 5.00. The minimum absolute atomic E-state index is 0.0433. The molecule has 0 radical (unpaired) electrons. The summed E-state index contributed by atoms with van der Waals surface area (Å²) in [6, 6.07) is 0. The Morgan fingerprint density at radius 1 is 1.00 bits per heavy atom. The molecule has 1 saturated heterocycles. The Balaban J connectivity index is 2.02. The van der Waals surface area contributed by atoms with E-state index in [1.165, 1.54) is 6.42 Å². The molecule has 0 aromatic carbocycles. The van der Waals surface area contributed by atoms with Crippen molar-refractivity contribution in [3.8, 4) is 0 Å². The molecule has 92 valence electrons. The molecule has 2 nitrogen and oxygen atoms in total. The molecule has 0 amide bonds. The fourth-order valence-electron chi connectivity index (χ4n) is 2.57. The fraction of sp³-hybridized carbons (Fsp3) is 1.00. The molecule has 0 bridgehead atoms. The van der Waals surface area contributed by atoms with Crippen LogP contribution in [0.1, 0.15) is 34.1 Å². The van der Waals surface area contributed by atoms with Gasteiger partial charge in [-0.15, -0.1) is 0 Å². The quantitative estimate of drug-likeness (QED) is 0.687. The summed E-state index contributed by atoms with van der Waals surface area (Å²) in [4.78, 5) is 0. The Hall–Kier alpha value is 0.202. The summed E-state index contributed by atoms with van der Waals surface area (Å²) in [7, 11) is -0.963. The lowest BCUT2D eigenvalue weighted by Crippen LogP contribution is -2.41. The molecule has 2 fully saturated rings. The van der Waals surface area contributed by atoms with E-state index >= 15 is 0 Å². The molecule has 4 heteroatoms. The lowest BCUT2D eigenvalue weighted by Gasteiger charge is -2.32. The van der Waals surface area contributed by atoms with E-state index in [-0.39, 0.29) is 18.3 Å². The van der Waals surface area contributed by atoms with Crippen molar-refractivity contribution >= 4 is 15.2 Å². The molecule has 2 rings (SSSR count). The van der Waals surface area contributed by atoms with Gasteiger partial charge in [0.1, 0.15) is 0 Å². The highest BCUT2D eigenvalue weighted by Crippen LogP contribution is 2.61. The molecule has 1 aliphatic heterocycles. The Morgan fingerprint density at radius 2 is 1.44 bits per heavy atom. The molecule has 0 aromatic rings. The van der Waals surface area contributed by atoms with Crippen molar-refractivity contribution in [1.82, 2.24) is 0 Å². The minimum atomic E-state index is -1.01. The van der Waals surface area contributed by atoms with Crippen molar-refractivity contribution in [2.45, 2.75) is 76.3 Å². The smallest absolute Gasteiger partial charge is 0.403 e. The first-order valence-corrected chi connectivity index (χ1v) is 9.98. The third-order valence-electron chi connectivity index (χ3n) is 4.57. The van der Waals surface area contributed by atoms with E-state index in [1.807, 2.05) is 0 Å². The highest BCUT2D eigenvalue weighted by atomic mass is 28.3. The van der Waals surface area contributed by atoms with Gasteiger partial charge in [0.15, 0.2) is 0 Å². The van der Waals surface area contributed by atoms with Crippen LogP contribution >= 0.6 is 0 Å². The van der Waals surface area contributed by atoms with Gasteiger partial charge in [-0.25, -0.2) is 0 Å². The lowest BCUT2D eigenvalue weighted by atomic mass is 9.82. The molecule has 0 unspecified atom stereocenters. The molecule has 2 aliphatic rings. The van der Waals surface area contributed by atoms with Crippen molar-refractivity contribution in [2.24, 2.45) is 0 Å². The molecule has 1 heterocycles. The van der Waals surface area contributed by atoms with Crippen molar-refractivity contribution in [3.63, 3.8) is 0 Å². The van der Waals surface area contributed by atoms with Crippen LogP contribution in [0, 0.1) is 0 Å². The largest absolute Gasteiger partial charge is 0.461 e. The molecule has 0 aromatic heterocycles. The highest BCUT2D eigenvalue weighted by Gasteiger charge is 2.61. The lowest BCUT2D eigenvalue weighted by molar-refractivity contribution is 0.00578. The van der Waals surface area contributed by atoms with Crippen LogP contribution in [0.5, 0.6) is 0 Å². The van der Waals surface area contributed by atoms with E-state index in [0.717, 1.165) is 5.54 Å². The summed E-state index contributed by atoms with van der Waals surface area (Å²) in [5, 5.41) is 0. The Kier molecular flexibility index (Phi) is 2.66. The van der Waals surface area contributed by atoms with Crippen LogP contribution in [0.4, 0.5) is 0 Å². The summed E-state index contributed by atoms with van der Waals surface area (Å²) < 4.78 is 12.2. The summed E-state index contributed by atoms with van der Waals surface area (Å²) in [6.45, 7) is 15.9. The van der Waals surface area contributed by atoms with Crippen LogP contribution in [0.3, 0.4) is 0 Å². The van der Waals surface area contributed by atoms with Crippen LogP contribution in [-0.4, -0.2) is 26.4 Å². The van der Waals surface area contributed by atoms with Crippen LogP contribution in [0.2, 0.25) is 31.0 Å². The Labute approximate surface area is 101 Å². The molecule has 1 aliphatic carbocycles. The molecule has 2 atom stereocenters. The second kappa shape index (κ2) is 3.36. The van der Waals surface area contributed by atoms with Crippen LogP contribution in [0.15, 0.2) is 0 Å². The van der Waals surface area contributed by atoms with Gasteiger partial charge >= 0.3 is 7.12 Å².